The number of aromatic nitrogens is 1. The van der Waals surface area contributed by atoms with E-state index in [2.05, 4.69) is 181 Å². The van der Waals surface area contributed by atoms with Gasteiger partial charge in [0.2, 0.25) is 0 Å². The van der Waals surface area contributed by atoms with Gasteiger partial charge in [0, 0.05) is 42.5 Å². The number of thiazole rings is 1. The molecular weight excluding hydrogens is 697 g/mol. The van der Waals surface area contributed by atoms with Gasteiger partial charge in [-0.2, -0.15) is 0 Å². The highest BCUT2D eigenvalue weighted by atomic mass is 32.1. The lowest BCUT2D eigenvalue weighted by Crippen LogP contribution is -2.10. The van der Waals surface area contributed by atoms with Crippen LogP contribution in [-0.2, 0) is 0 Å². The van der Waals surface area contributed by atoms with Gasteiger partial charge in [0.05, 0.1) is 21.3 Å². The van der Waals surface area contributed by atoms with Gasteiger partial charge in [0.15, 0.2) is 0 Å². The van der Waals surface area contributed by atoms with Gasteiger partial charge >= 0.3 is 0 Å². The van der Waals surface area contributed by atoms with Crippen LogP contribution in [0.15, 0.2) is 186 Å². The van der Waals surface area contributed by atoms with E-state index >= 15 is 0 Å². The highest BCUT2D eigenvalue weighted by Gasteiger charge is 2.22. The maximum absolute atomic E-state index is 6.44. The SMILES string of the molecule is c1ccc(-c2nc3c(ccc4sc5cc(N(c6ccc(-c7ccccc7)c(-c7ccccc7)c6)c6cccc7oc8ccccc8c67)ccc5c43)s2)cc1. The summed E-state index contributed by atoms with van der Waals surface area (Å²) in [5.41, 5.74) is 11.9. The Morgan fingerprint density at radius 1 is 0.426 bits per heavy atom. The van der Waals surface area contributed by atoms with Gasteiger partial charge in [-0.15, -0.1) is 22.7 Å². The molecule has 0 saturated heterocycles. The summed E-state index contributed by atoms with van der Waals surface area (Å²) in [6, 6.07) is 64.9. The highest BCUT2D eigenvalue weighted by Crippen LogP contribution is 2.48. The minimum absolute atomic E-state index is 0.867. The standard InChI is InChI=1S/C49H30N2OS2/c1-4-13-31(14-5-1)36-25-23-34(29-39(36)32-15-6-2-7-16-32)51(40-20-12-22-42-46(40)37-19-10-11-21-41(37)52-42)35-24-26-38-45(30-35)53-43-27-28-44-48(47(38)43)50-49(54-44)33-17-8-3-9-18-33/h1-30H. The van der Waals surface area contributed by atoms with Crippen molar-refractivity contribution >= 4 is 92.1 Å². The topological polar surface area (TPSA) is 29.3 Å². The number of thiophene rings is 1. The van der Waals surface area contributed by atoms with Crippen molar-refractivity contribution in [2.45, 2.75) is 0 Å². The molecule has 0 bridgehead atoms. The predicted octanol–water partition coefficient (Wildman–Crippen LogP) is 15.0. The first-order valence-corrected chi connectivity index (χ1v) is 19.7. The molecule has 0 atom stereocenters. The number of benzene rings is 8. The van der Waals surface area contributed by atoms with Crippen molar-refractivity contribution in [3.8, 4) is 32.8 Å². The molecule has 0 aliphatic rings. The van der Waals surface area contributed by atoms with Gasteiger partial charge in [0.1, 0.15) is 16.2 Å². The molecule has 8 aromatic carbocycles. The second kappa shape index (κ2) is 12.6. The molecule has 11 rings (SSSR count). The average Bonchev–Trinajstić information content (AvgIpc) is 3.95. The minimum atomic E-state index is 0.867. The summed E-state index contributed by atoms with van der Waals surface area (Å²) in [5, 5.41) is 5.70. The molecule has 3 aromatic heterocycles. The van der Waals surface area contributed by atoms with E-state index in [1.165, 1.54) is 47.1 Å². The maximum atomic E-state index is 6.44. The van der Waals surface area contributed by atoms with E-state index in [1.807, 2.05) is 17.4 Å². The number of anilines is 3. The lowest BCUT2D eigenvalue weighted by atomic mass is 9.93. The molecule has 0 aliphatic carbocycles. The van der Waals surface area contributed by atoms with Gasteiger partial charge < -0.3 is 9.32 Å². The molecule has 0 amide bonds. The molecule has 54 heavy (non-hydrogen) atoms. The first-order valence-electron chi connectivity index (χ1n) is 18.0. The van der Waals surface area contributed by atoms with Crippen LogP contribution >= 0.6 is 22.7 Å². The van der Waals surface area contributed by atoms with Crippen LogP contribution in [0, 0.1) is 0 Å². The molecule has 254 valence electrons. The van der Waals surface area contributed by atoms with Crippen LogP contribution in [-0.4, -0.2) is 4.98 Å². The molecular formula is C49H30N2OS2. The molecule has 0 aliphatic heterocycles. The van der Waals surface area contributed by atoms with Crippen molar-refractivity contribution in [2.75, 3.05) is 4.90 Å². The Hall–Kier alpha value is -6.53. The average molecular weight is 727 g/mol. The number of furan rings is 1. The normalized spacial score (nSPS) is 11.7. The Bertz CT molecular complexity index is 3160. The zero-order valence-electron chi connectivity index (χ0n) is 28.9. The summed E-state index contributed by atoms with van der Waals surface area (Å²) in [6.07, 6.45) is 0. The first kappa shape index (κ1) is 31.0. The van der Waals surface area contributed by atoms with Crippen LogP contribution in [0.3, 0.4) is 0 Å². The summed E-state index contributed by atoms with van der Waals surface area (Å²) in [7, 11) is 0. The Labute approximate surface area is 319 Å². The van der Waals surface area contributed by atoms with E-state index in [0.717, 1.165) is 55.1 Å². The fourth-order valence-corrected chi connectivity index (χ4v) is 9.97. The maximum Gasteiger partial charge on any atom is 0.137 e. The van der Waals surface area contributed by atoms with Crippen LogP contribution in [0.1, 0.15) is 0 Å². The Kier molecular flexibility index (Phi) is 7.22. The zero-order valence-corrected chi connectivity index (χ0v) is 30.6. The lowest BCUT2D eigenvalue weighted by Gasteiger charge is -2.27. The van der Waals surface area contributed by atoms with Crippen molar-refractivity contribution in [3.63, 3.8) is 0 Å². The van der Waals surface area contributed by atoms with Crippen molar-refractivity contribution in [3.05, 3.63) is 182 Å². The molecule has 0 spiro atoms. The third-order valence-corrected chi connectivity index (χ3v) is 12.5. The van der Waals surface area contributed by atoms with Crippen LogP contribution in [0.25, 0.3) is 85.2 Å². The van der Waals surface area contributed by atoms with Crippen molar-refractivity contribution < 1.29 is 4.42 Å². The molecule has 0 N–H and O–H groups in total. The lowest BCUT2D eigenvalue weighted by molar-refractivity contribution is 0.669. The van der Waals surface area contributed by atoms with Gasteiger partial charge in [-0.25, -0.2) is 4.98 Å². The molecule has 3 nitrogen and oxygen atoms in total. The van der Waals surface area contributed by atoms with Crippen molar-refractivity contribution in [1.29, 1.82) is 0 Å². The number of para-hydroxylation sites is 1. The van der Waals surface area contributed by atoms with Crippen LogP contribution < -0.4 is 4.90 Å². The minimum Gasteiger partial charge on any atom is -0.456 e. The highest BCUT2D eigenvalue weighted by molar-refractivity contribution is 7.26. The number of rotatable bonds is 6. The fourth-order valence-electron chi connectivity index (χ4n) is 7.85. The van der Waals surface area contributed by atoms with Gasteiger partial charge in [-0.3, -0.25) is 0 Å². The molecule has 0 fully saturated rings. The monoisotopic (exact) mass is 726 g/mol. The summed E-state index contributed by atoms with van der Waals surface area (Å²) < 4.78 is 10.1. The van der Waals surface area contributed by atoms with Gasteiger partial charge in [-0.1, -0.05) is 127 Å². The Morgan fingerprint density at radius 3 is 1.87 bits per heavy atom. The zero-order chi connectivity index (χ0) is 35.6. The van der Waals surface area contributed by atoms with E-state index in [9.17, 15) is 0 Å². The predicted molar refractivity (Wildman–Crippen MR) is 231 cm³/mol. The van der Waals surface area contributed by atoms with Crippen molar-refractivity contribution in [2.24, 2.45) is 0 Å². The van der Waals surface area contributed by atoms with E-state index in [-0.39, 0.29) is 0 Å². The van der Waals surface area contributed by atoms with E-state index in [4.69, 9.17) is 9.40 Å². The second-order valence-electron chi connectivity index (χ2n) is 13.5. The molecule has 0 saturated carbocycles. The number of fused-ring (bicyclic) bond motifs is 8. The number of hydrogen-bond donors (Lipinski definition) is 0. The third kappa shape index (κ3) is 5.05. The molecule has 0 radical (unpaired) electrons. The van der Waals surface area contributed by atoms with Gasteiger partial charge in [0.25, 0.3) is 0 Å². The smallest absolute Gasteiger partial charge is 0.137 e. The number of nitrogens with zero attached hydrogens (tertiary/aromatic N) is 2. The van der Waals surface area contributed by atoms with Crippen molar-refractivity contribution in [1.82, 2.24) is 4.98 Å². The quantitative estimate of drug-likeness (QED) is 0.171. The molecule has 5 heteroatoms. The molecule has 11 aromatic rings. The fraction of sp³-hybridized carbons (Fsp3) is 0. The largest absolute Gasteiger partial charge is 0.456 e. The Morgan fingerprint density at radius 2 is 1.07 bits per heavy atom. The summed E-state index contributed by atoms with van der Waals surface area (Å²) in [5.74, 6) is 0. The summed E-state index contributed by atoms with van der Waals surface area (Å²) in [6.45, 7) is 0. The third-order valence-electron chi connectivity index (χ3n) is 10.3. The van der Waals surface area contributed by atoms with Crippen LogP contribution in [0.2, 0.25) is 0 Å². The molecule has 3 heterocycles. The van der Waals surface area contributed by atoms with E-state index in [1.54, 1.807) is 11.3 Å². The summed E-state index contributed by atoms with van der Waals surface area (Å²) in [4.78, 5) is 7.62. The Balaban J connectivity index is 1.15. The van der Waals surface area contributed by atoms with E-state index in [0.29, 0.717) is 0 Å². The van der Waals surface area contributed by atoms with Crippen LogP contribution in [0.4, 0.5) is 17.1 Å². The summed E-state index contributed by atoms with van der Waals surface area (Å²) >= 11 is 3.59. The number of hydrogen-bond acceptors (Lipinski definition) is 5. The van der Waals surface area contributed by atoms with Gasteiger partial charge in [-0.05, 0) is 76.9 Å². The second-order valence-corrected chi connectivity index (χ2v) is 15.6. The van der Waals surface area contributed by atoms with Crippen LogP contribution in [0.5, 0.6) is 0 Å². The molecule has 0 unspecified atom stereocenters. The first-order chi connectivity index (χ1) is 26.8. The van der Waals surface area contributed by atoms with E-state index < -0.39 is 0 Å².